The van der Waals surface area contributed by atoms with E-state index in [9.17, 15) is 0 Å². The number of hydrogen-bond donors (Lipinski definition) is 0. The van der Waals surface area contributed by atoms with Crippen LogP contribution in [0.5, 0.6) is 0 Å². The van der Waals surface area contributed by atoms with Gasteiger partial charge in [-0.3, -0.25) is 0 Å². The van der Waals surface area contributed by atoms with Gasteiger partial charge in [-0.2, -0.15) is 0 Å². The molecule has 0 bridgehead atoms. The summed E-state index contributed by atoms with van der Waals surface area (Å²) in [6.07, 6.45) is 17.7. The summed E-state index contributed by atoms with van der Waals surface area (Å²) in [7, 11) is 0. The first-order valence-electron chi connectivity index (χ1n) is 9.65. The van der Waals surface area contributed by atoms with Gasteiger partial charge in [0.1, 0.15) is 0 Å². The first-order chi connectivity index (χ1) is 9.65. The number of rotatable bonds is 6. The Balaban J connectivity index is -0.000000308. The van der Waals surface area contributed by atoms with Crippen LogP contribution in [0, 0.1) is 38.5 Å². The molecule has 4 atom stereocenters. The van der Waals surface area contributed by atoms with Gasteiger partial charge < -0.3 is 14.9 Å². The molecule has 0 radical (unpaired) electrons. The third-order valence-electron chi connectivity index (χ3n) is 5.54. The molecule has 2 aliphatic carbocycles. The molecule has 0 heterocycles. The van der Waals surface area contributed by atoms with Crippen molar-refractivity contribution < 1.29 is 26.2 Å². The summed E-state index contributed by atoms with van der Waals surface area (Å²) < 4.78 is 0. The molecule has 23 heavy (non-hydrogen) atoms. The van der Waals surface area contributed by atoms with Crippen molar-refractivity contribution in [2.24, 2.45) is 23.7 Å². The van der Waals surface area contributed by atoms with Crippen LogP contribution in [0.15, 0.2) is 0 Å². The quantitative estimate of drug-likeness (QED) is 0.394. The topological polar surface area (TPSA) is 0 Å². The van der Waals surface area contributed by atoms with Crippen LogP contribution in [0.4, 0.5) is 0 Å². The van der Waals surface area contributed by atoms with Gasteiger partial charge in [0.2, 0.25) is 0 Å². The first-order valence-corrected chi connectivity index (χ1v) is 9.65. The van der Waals surface area contributed by atoms with Gasteiger partial charge in [0.05, 0.1) is 0 Å². The minimum Gasteiger partial charge on any atom is -0.358 e. The van der Waals surface area contributed by atoms with Gasteiger partial charge in [0.25, 0.3) is 0 Å². The van der Waals surface area contributed by atoms with Crippen LogP contribution >= 0.6 is 0 Å². The first kappa shape index (κ1) is 28.7. The predicted molar refractivity (Wildman–Crippen MR) is 105 cm³/mol. The van der Waals surface area contributed by atoms with Crippen molar-refractivity contribution in [2.45, 2.75) is 105 Å². The van der Waals surface area contributed by atoms with E-state index in [-0.39, 0.29) is 41.1 Å². The van der Waals surface area contributed by atoms with Crippen LogP contribution in [0.25, 0.3) is 0 Å². The maximum Gasteiger partial charge on any atom is 4.00 e. The van der Waals surface area contributed by atoms with Crippen molar-refractivity contribution >= 4 is 0 Å². The average Bonchev–Trinajstić information content (AvgIpc) is 3.03. The smallest absolute Gasteiger partial charge is 0.358 e. The fourth-order valence-electron chi connectivity index (χ4n) is 4.16. The number of unbranched alkanes of at least 4 members (excludes halogenated alkanes) is 2. The van der Waals surface area contributed by atoms with Gasteiger partial charge in [-0.05, 0) is 36.5 Å². The van der Waals surface area contributed by atoms with Gasteiger partial charge in [0.15, 0.2) is 0 Å². The van der Waals surface area contributed by atoms with E-state index in [1.54, 1.807) is 0 Å². The Kier molecular flexibility index (Phi) is 22.1. The van der Waals surface area contributed by atoms with Crippen LogP contribution in [-0.4, -0.2) is 0 Å². The van der Waals surface area contributed by atoms with Crippen molar-refractivity contribution in [3.63, 3.8) is 0 Å². The molecule has 0 nitrogen and oxygen atoms in total. The fraction of sp³-hybridized carbons (Fsp3) is 0.909. The molecule has 0 spiro atoms. The van der Waals surface area contributed by atoms with Crippen molar-refractivity contribution in [3.8, 4) is 0 Å². The monoisotopic (exact) mass is 400 g/mol. The molecule has 0 N–H and O–H groups in total. The molecular formula is C22H46Zr+2. The summed E-state index contributed by atoms with van der Waals surface area (Å²) in [4.78, 5) is 0. The summed E-state index contributed by atoms with van der Waals surface area (Å²) in [5, 5.41) is 0. The Morgan fingerprint density at radius 1 is 0.652 bits per heavy atom. The maximum absolute atomic E-state index is 2.39. The van der Waals surface area contributed by atoms with Crippen LogP contribution in [0.2, 0.25) is 0 Å². The molecule has 2 rings (SSSR count). The van der Waals surface area contributed by atoms with Crippen LogP contribution in [-0.2, 0) is 26.2 Å². The summed E-state index contributed by atoms with van der Waals surface area (Å²) in [6.45, 7) is 9.37. The van der Waals surface area contributed by atoms with Gasteiger partial charge in [-0.1, -0.05) is 91.9 Å². The van der Waals surface area contributed by atoms with E-state index < -0.39 is 0 Å². The zero-order chi connectivity index (χ0) is 14.8. The van der Waals surface area contributed by atoms with E-state index in [1.807, 2.05) is 0 Å². The van der Waals surface area contributed by atoms with Gasteiger partial charge in [0, 0.05) is 0 Å². The molecule has 2 aliphatic rings. The minimum absolute atomic E-state index is 0. The van der Waals surface area contributed by atoms with Crippen molar-refractivity contribution in [2.75, 3.05) is 0 Å². The molecule has 0 aromatic rings. The molecule has 136 valence electrons. The van der Waals surface area contributed by atoms with E-state index in [0.717, 1.165) is 23.7 Å². The molecular weight excluding hydrogens is 355 g/mol. The normalized spacial score (nSPS) is 28.7. The van der Waals surface area contributed by atoms with Crippen LogP contribution < -0.4 is 0 Å². The van der Waals surface area contributed by atoms with Crippen LogP contribution in [0.1, 0.15) is 105 Å². The van der Waals surface area contributed by atoms with Crippen LogP contribution in [0.3, 0.4) is 0 Å². The van der Waals surface area contributed by atoms with Crippen molar-refractivity contribution in [1.82, 2.24) is 0 Å². The van der Waals surface area contributed by atoms with Crippen molar-refractivity contribution in [3.05, 3.63) is 14.9 Å². The Labute approximate surface area is 169 Å². The second-order valence-corrected chi connectivity index (χ2v) is 7.85. The van der Waals surface area contributed by atoms with Gasteiger partial charge >= 0.3 is 26.2 Å². The summed E-state index contributed by atoms with van der Waals surface area (Å²) in [5.74, 6) is 4.24. The fourth-order valence-corrected chi connectivity index (χ4v) is 4.16. The molecule has 2 fully saturated rings. The summed E-state index contributed by atoms with van der Waals surface area (Å²) in [6, 6.07) is 0. The standard InChI is InChI=1S/2C10H20.2CH3.Zr/c2*1-3-4-5-10-7-6-9(2)8-10;;;/h2*9-10H,3-8H2,1-2H3;2*1H3;/q;;2*-1;+4. The Morgan fingerprint density at radius 3 is 1.22 bits per heavy atom. The Bertz CT molecular complexity index is 202. The van der Waals surface area contributed by atoms with Gasteiger partial charge in [-0.15, -0.1) is 0 Å². The molecule has 1 heteroatoms. The average molecular weight is 402 g/mol. The third-order valence-corrected chi connectivity index (χ3v) is 5.54. The zero-order valence-corrected chi connectivity index (χ0v) is 19.8. The molecule has 0 aromatic heterocycles. The predicted octanol–water partition coefficient (Wildman–Crippen LogP) is 8.12. The molecule has 0 saturated heterocycles. The van der Waals surface area contributed by atoms with Crippen molar-refractivity contribution in [1.29, 1.82) is 0 Å². The molecule has 0 amide bonds. The minimum atomic E-state index is 0. The van der Waals surface area contributed by atoms with Gasteiger partial charge in [-0.25, -0.2) is 0 Å². The molecule has 4 unspecified atom stereocenters. The molecule has 0 aromatic carbocycles. The van der Waals surface area contributed by atoms with E-state index in [4.69, 9.17) is 0 Å². The Hall–Kier alpha value is 0.883. The number of hydrogen-bond acceptors (Lipinski definition) is 0. The second kappa shape index (κ2) is 17.7. The molecule has 2 saturated carbocycles. The van der Waals surface area contributed by atoms with E-state index >= 15 is 0 Å². The van der Waals surface area contributed by atoms with E-state index in [1.165, 1.54) is 77.0 Å². The second-order valence-electron chi connectivity index (χ2n) is 7.85. The summed E-state index contributed by atoms with van der Waals surface area (Å²) >= 11 is 0. The maximum atomic E-state index is 2.39. The summed E-state index contributed by atoms with van der Waals surface area (Å²) in [5.41, 5.74) is 0. The Morgan fingerprint density at radius 2 is 1.00 bits per heavy atom. The van der Waals surface area contributed by atoms with E-state index in [0.29, 0.717) is 0 Å². The SMILES string of the molecule is CCCCC1CCC(C)C1.CCCCC1CCC(C)C1.[CH3-].[CH3-].[Zr+4]. The third kappa shape index (κ3) is 13.8. The molecule has 0 aliphatic heterocycles. The zero-order valence-electron chi connectivity index (χ0n) is 17.3. The van der Waals surface area contributed by atoms with E-state index in [2.05, 4.69) is 27.7 Å². The largest absolute Gasteiger partial charge is 4.00 e.